The lowest BCUT2D eigenvalue weighted by molar-refractivity contribution is 0.158. The Kier molecular flexibility index (Phi) is 9.18. The Morgan fingerprint density at radius 2 is 1.81 bits per heavy atom. The zero-order valence-corrected chi connectivity index (χ0v) is 16.7. The number of aryl methyl sites for hydroxylation is 1. The highest BCUT2D eigenvalue weighted by Crippen LogP contribution is 2.25. The van der Waals surface area contributed by atoms with Crippen molar-refractivity contribution in [2.75, 3.05) is 39.1 Å². The quantitative estimate of drug-likeness (QED) is 0.595. The maximum Gasteiger partial charge on any atom is 0.0956 e. The molecule has 1 heterocycles. The first-order valence-corrected chi connectivity index (χ1v) is 10.5. The second-order valence-corrected chi connectivity index (χ2v) is 7.77. The summed E-state index contributed by atoms with van der Waals surface area (Å²) in [5.41, 5.74) is 3.53. The van der Waals surface area contributed by atoms with Gasteiger partial charge in [0.05, 0.1) is 25.2 Å². The number of hydrogen-bond donors (Lipinski definition) is 2. The lowest BCUT2D eigenvalue weighted by Crippen LogP contribution is -2.31. The van der Waals surface area contributed by atoms with Gasteiger partial charge < -0.3 is 14.8 Å². The van der Waals surface area contributed by atoms with Crippen LogP contribution in [0, 0.1) is 0 Å². The van der Waals surface area contributed by atoms with Crippen molar-refractivity contribution in [1.29, 1.82) is 0 Å². The number of aliphatic hydroxyl groups excluding tert-OH is 2. The van der Waals surface area contributed by atoms with Gasteiger partial charge in [0.2, 0.25) is 0 Å². The number of imidazole rings is 1. The normalized spacial score (nSPS) is 12.7. The number of aromatic nitrogens is 2. The van der Waals surface area contributed by atoms with Crippen LogP contribution >= 0.6 is 11.8 Å². The first-order valence-electron chi connectivity index (χ1n) is 9.25. The van der Waals surface area contributed by atoms with E-state index < -0.39 is 0 Å². The van der Waals surface area contributed by atoms with E-state index in [1.807, 2.05) is 24.2 Å². The molecule has 0 amide bonds. The van der Waals surface area contributed by atoms with Gasteiger partial charge >= 0.3 is 0 Å². The minimum absolute atomic E-state index is 0.125. The minimum Gasteiger partial charge on any atom is -0.395 e. The molecule has 0 unspecified atom stereocenters. The molecule has 0 spiro atoms. The molecule has 0 fully saturated rings. The van der Waals surface area contributed by atoms with Crippen molar-refractivity contribution < 1.29 is 10.2 Å². The first-order chi connectivity index (χ1) is 12.7. The van der Waals surface area contributed by atoms with Crippen molar-refractivity contribution in [1.82, 2.24) is 14.5 Å². The minimum atomic E-state index is 0.125. The van der Waals surface area contributed by atoms with Gasteiger partial charge in [-0.05, 0) is 12.7 Å². The zero-order valence-electron chi connectivity index (χ0n) is 15.8. The van der Waals surface area contributed by atoms with Crippen LogP contribution in [0.3, 0.4) is 0 Å². The summed E-state index contributed by atoms with van der Waals surface area (Å²) in [7, 11) is 0. The van der Waals surface area contributed by atoms with Crippen molar-refractivity contribution in [3.8, 4) is 11.3 Å². The molecule has 1 aromatic heterocycles. The highest BCUT2D eigenvalue weighted by molar-refractivity contribution is 7.99. The number of nitrogens with zero attached hydrogens (tertiary/aromatic N) is 3. The van der Waals surface area contributed by atoms with E-state index in [4.69, 9.17) is 15.2 Å². The highest BCUT2D eigenvalue weighted by atomic mass is 32.2. The van der Waals surface area contributed by atoms with Gasteiger partial charge in [-0.25, -0.2) is 4.98 Å². The van der Waals surface area contributed by atoms with Gasteiger partial charge in [-0.3, -0.25) is 4.90 Å². The summed E-state index contributed by atoms with van der Waals surface area (Å²) < 4.78 is 2.27. The fraction of sp³-hybridized carbons (Fsp3) is 0.550. The summed E-state index contributed by atoms with van der Waals surface area (Å²) in [5, 5.41) is 18.8. The van der Waals surface area contributed by atoms with Gasteiger partial charge in [-0.1, -0.05) is 37.3 Å². The van der Waals surface area contributed by atoms with Crippen LogP contribution < -0.4 is 0 Å². The molecule has 0 saturated heterocycles. The second-order valence-electron chi connectivity index (χ2n) is 6.49. The smallest absolute Gasteiger partial charge is 0.0956 e. The fourth-order valence-electron chi connectivity index (χ4n) is 3.09. The predicted octanol–water partition coefficient (Wildman–Crippen LogP) is 2.52. The van der Waals surface area contributed by atoms with Gasteiger partial charge in [-0.2, -0.15) is 11.8 Å². The third-order valence-corrected chi connectivity index (χ3v) is 5.55. The first kappa shape index (κ1) is 21.0. The molecule has 0 radical (unpaired) electrons. The molecular weight excluding hydrogens is 346 g/mol. The van der Waals surface area contributed by atoms with Crippen LogP contribution in [-0.4, -0.2) is 69.0 Å². The molecule has 0 bridgehead atoms. The summed E-state index contributed by atoms with van der Waals surface area (Å²) in [5.74, 6) is 0. The number of rotatable bonds is 12. The number of thioether (sulfide) groups is 1. The summed E-state index contributed by atoms with van der Waals surface area (Å²) in [6.45, 7) is 5.47. The van der Waals surface area contributed by atoms with E-state index in [2.05, 4.69) is 46.9 Å². The average Bonchev–Trinajstić information content (AvgIpc) is 3.05. The van der Waals surface area contributed by atoms with Crippen molar-refractivity contribution in [3.05, 3.63) is 42.4 Å². The number of hydrogen-bond acceptors (Lipinski definition) is 5. The highest BCUT2D eigenvalue weighted by Gasteiger charge is 2.15. The third kappa shape index (κ3) is 6.13. The Morgan fingerprint density at radius 3 is 2.42 bits per heavy atom. The Morgan fingerprint density at radius 1 is 1.12 bits per heavy atom. The molecule has 0 aliphatic heterocycles. The van der Waals surface area contributed by atoms with E-state index in [9.17, 15) is 0 Å². The molecule has 0 aliphatic rings. The SMILES string of the molecule is CS[C@H](C)Cc1c(-c2ccccc2)ncn1CCCN(CCO)CCO. The maximum atomic E-state index is 9.14. The van der Waals surface area contributed by atoms with Gasteiger partial charge in [0.25, 0.3) is 0 Å². The molecule has 26 heavy (non-hydrogen) atoms. The van der Waals surface area contributed by atoms with Gasteiger partial charge in [0, 0.05) is 49.1 Å². The standard InChI is InChI=1S/C20H31N3O2S/c1-17(26-2)15-19-20(18-7-4-3-5-8-18)21-16-23(19)10-6-9-22(11-13-24)12-14-25/h3-5,7-8,16-17,24-25H,6,9-15H2,1-2H3/t17-/m1/s1. The summed E-state index contributed by atoms with van der Waals surface area (Å²) in [6.07, 6.45) is 6.05. The van der Waals surface area contributed by atoms with Gasteiger partial charge in [0.1, 0.15) is 0 Å². The molecule has 0 saturated carbocycles. The fourth-order valence-corrected chi connectivity index (χ4v) is 3.41. The van der Waals surface area contributed by atoms with E-state index in [-0.39, 0.29) is 13.2 Å². The van der Waals surface area contributed by atoms with Crippen molar-refractivity contribution >= 4 is 11.8 Å². The van der Waals surface area contributed by atoms with E-state index >= 15 is 0 Å². The summed E-state index contributed by atoms with van der Waals surface area (Å²) in [6, 6.07) is 10.4. The van der Waals surface area contributed by atoms with Crippen molar-refractivity contribution in [3.63, 3.8) is 0 Å². The van der Waals surface area contributed by atoms with Gasteiger partial charge in [-0.15, -0.1) is 0 Å². The van der Waals surface area contributed by atoms with Crippen LogP contribution in [0.25, 0.3) is 11.3 Å². The Balaban J connectivity index is 2.10. The maximum absolute atomic E-state index is 9.14. The van der Waals surface area contributed by atoms with Crippen molar-refractivity contribution in [2.24, 2.45) is 0 Å². The predicted molar refractivity (Wildman–Crippen MR) is 110 cm³/mol. The molecule has 2 rings (SSSR count). The molecule has 6 heteroatoms. The van der Waals surface area contributed by atoms with Crippen LogP contribution in [0.5, 0.6) is 0 Å². The van der Waals surface area contributed by atoms with E-state index in [1.165, 1.54) is 5.69 Å². The third-order valence-electron chi connectivity index (χ3n) is 4.58. The monoisotopic (exact) mass is 377 g/mol. The molecule has 144 valence electrons. The molecule has 2 N–H and O–H groups in total. The summed E-state index contributed by atoms with van der Waals surface area (Å²) in [4.78, 5) is 6.80. The molecule has 1 aromatic carbocycles. The molecule has 5 nitrogen and oxygen atoms in total. The largest absolute Gasteiger partial charge is 0.395 e. The second kappa shape index (κ2) is 11.4. The van der Waals surface area contributed by atoms with Crippen LogP contribution in [0.1, 0.15) is 19.0 Å². The topological polar surface area (TPSA) is 61.5 Å². The van der Waals surface area contributed by atoms with Crippen LogP contribution in [0.2, 0.25) is 0 Å². The average molecular weight is 378 g/mol. The van der Waals surface area contributed by atoms with Crippen molar-refractivity contribution in [2.45, 2.75) is 31.6 Å². The van der Waals surface area contributed by atoms with Crippen LogP contribution in [0.4, 0.5) is 0 Å². The number of benzene rings is 1. The Bertz CT molecular complexity index is 627. The van der Waals surface area contributed by atoms with Gasteiger partial charge in [0.15, 0.2) is 0 Å². The zero-order chi connectivity index (χ0) is 18.8. The van der Waals surface area contributed by atoms with Crippen LogP contribution in [0.15, 0.2) is 36.7 Å². The summed E-state index contributed by atoms with van der Waals surface area (Å²) >= 11 is 1.87. The molecule has 0 aliphatic carbocycles. The lowest BCUT2D eigenvalue weighted by Gasteiger charge is -2.20. The van der Waals surface area contributed by atoms with E-state index in [0.717, 1.165) is 37.2 Å². The van der Waals surface area contributed by atoms with E-state index in [0.29, 0.717) is 18.3 Å². The Labute approximate surface area is 161 Å². The van der Waals surface area contributed by atoms with Crippen LogP contribution in [-0.2, 0) is 13.0 Å². The number of aliphatic hydroxyl groups is 2. The molecule has 1 atom stereocenters. The molecular formula is C20H31N3O2S. The molecule has 2 aromatic rings. The lowest BCUT2D eigenvalue weighted by atomic mass is 10.1. The van der Waals surface area contributed by atoms with E-state index in [1.54, 1.807) is 0 Å². The Hall–Kier alpha value is -1.34.